The van der Waals surface area contributed by atoms with Crippen LogP contribution in [-0.4, -0.2) is 36.2 Å². The molecular weight excluding hydrogens is 378 g/mol. The molecule has 2 N–H and O–H groups in total. The summed E-state index contributed by atoms with van der Waals surface area (Å²) in [5.41, 5.74) is 4.92. The molecule has 138 valence electrons. The van der Waals surface area contributed by atoms with Gasteiger partial charge in [0.1, 0.15) is 5.01 Å². The third-order valence-electron chi connectivity index (χ3n) is 4.76. The number of hydrogen-bond acceptors (Lipinski definition) is 7. The second-order valence-electron chi connectivity index (χ2n) is 6.72. The highest BCUT2D eigenvalue weighted by atomic mass is 32.2. The van der Waals surface area contributed by atoms with Gasteiger partial charge in [0, 0.05) is 41.1 Å². The van der Waals surface area contributed by atoms with Crippen molar-refractivity contribution in [3.8, 4) is 0 Å². The Labute approximate surface area is 164 Å². The summed E-state index contributed by atoms with van der Waals surface area (Å²) in [6.45, 7) is 3.64. The molecule has 1 aliphatic rings. The molecular formula is C18H19N7S2. The molecule has 0 spiro atoms. The first-order chi connectivity index (χ1) is 13.2. The van der Waals surface area contributed by atoms with Gasteiger partial charge in [-0.1, -0.05) is 46.5 Å². The molecule has 7 nitrogen and oxygen atoms in total. The first-order valence-corrected chi connectivity index (χ1v) is 10.7. The topological polar surface area (TPSA) is 84.3 Å². The van der Waals surface area contributed by atoms with Crippen LogP contribution in [0.5, 0.6) is 0 Å². The summed E-state index contributed by atoms with van der Waals surface area (Å²) in [5.74, 6) is 0.763. The predicted octanol–water partition coefficient (Wildman–Crippen LogP) is 2.93. The van der Waals surface area contributed by atoms with E-state index in [0.29, 0.717) is 6.04 Å². The van der Waals surface area contributed by atoms with Crippen molar-refractivity contribution in [1.82, 2.24) is 35.5 Å². The number of H-pyrrole nitrogens is 1. The summed E-state index contributed by atoms with van der Waals surface area (Å²) in [4.78, 5) is 3.53. The maximum atomic E-state index is 4.31. The fourth-order valence-electron chi connectivity index (χ4n) is 3.53. The quantitative estimate of drug-likeness (QED) is 0.504. The number of benzene rings is 1. The monoisotopic (exact) mass is 397 g/mol. The average molecular weight is 398 g/mol. The number of hydrogen-bond donors (Lipinski definition) is 2. The van der Waals surface area contributed by atoms with Gasteiger partial charge in [-0.05, 0) is 25.0 Å². The van der Waals surface area contributed by atoms with Crippen LogP contribution in [0, 0.1) is 6.92 Å². The number of aromatic nitrogens is 6. The van der Waals surface area contributed by atoms with Crippen molar-refractivity contribution in [2.75, 3.05) is 0 Å². The minimum absolute atomic E-state index is 0.352. The maximum absolute atomic E-state index is 4.31. The largest absolute Gasteiger partial charge is 0.357 e. The van der Waals surface area contributed by atoms with E-state index in [9.17, 15) is 0 Å². The minimum Gasteiger partial charge on any atom is -0.357 e. The van der Waals surface area contributed by atoms with Crippen LogP contribution in [-0.2, 0) is 25.3 Å². The van der Waals surface area contributed by atoms with Gasteiger partial charge in [-0.15, -0.1) is 15.3 Å². The summed E-state index contributed by atoms with van der Waals surface area (Å²) in [5, 5.41) is 22.7. The second kappa shape index (κ2) is 7.06. The van der Waals surface area contributed by atoms with Gasteiger partial charge < -0.3 is 10.3 Å². The van der Waals surface area contributed by atoms with Gasteiger partial charge in [0.05, 0.1) is 12.2 Å². The summed E-state index contributed by atoms with van der Waals surface area (Å²) in [6, 6.07) is 8.88. The van der Waals surface area contributed by atoms with E-state index in [4.69, 9.17) is 0 Å². The van der Waals surface area contributed by atoms with Gasteiger partial charge in [0.25, 0.3) is 0 Å². The molecule has 4 heterocycles. The smallest absolute Gasteiger partial charge is 0.174 e. The third kappa shape index (κ3) is 3.50. The van der Waals surface area contributed by atoms with E-state index < -0.39 is 0 Å². The van der Waals surface area contributed by atoms with Crippen LogP contribution in [0.1, 0.15) is 22.0 Å². The molecule has 1 atom stereocenters. The highest BCUT2D eigenvalue weighted by Crippen LogP contribution is 2.27. The van der Waals surface area contributed by atoms with Crippen LogP contribution >= 0.6 is 23.1 Å². The van der Waals surface area contributed by atoms with E-state index in [1.54, 1.807) is 23.1 Å². The van der Waals surface area contributed by atoms with Crippen molar-refractivity contribution in [2.24, 2.45) is 0 Å². The standard InChI is InChI=1S/C18H19N7S2/c1-11-21-23-18(27-11)26-10-13-9-25(24-22-13)8-12-6-15-14-4-2-3-5-16(14)20-17(15)7-19-12/h2-5,9,12,19-20H,6-8,10H2,1H3/t12-/m0/s1. The predicted molar refractivity (Wildman–Crippen MR) is 107 cm³/mol. The molecule has 0 unspecified atom stereocenters. The fourth-order valence-corrected chi connectivity index (χ4v) is 5.22. The van der Waals surface area contributed by atoms with Gasteiger partial charge in [-0.25, -0.2) is 0 Å². The van der Waals surface area contributed by atoms with Gasteiger partial charge in [0.15, 0.2) is 4.34 Å². The Morgan fingerprint density at radius 1 is 1.26 bits per heavy atom. The number of thioether (sulfide) groups is 1. The normalized spacial score (nSPS) is 16.7. The Hall–Kier alpha value is -2.23. The van der Waals surface area contributed by atoms with E-state index in [2.05, 4.69) is 55.1 Å². The molecule has 27 heavy (non-hydrogen) atoms. The lowest BCUT2D eigenvalue weighted by Crippen LogP contribution is -2.38. The number of para-hydroxylation sites is 1. The number of nitrogens with zero attached hydrogens (tertiary/aromatic N) is 5. The van der Waals surface area contributed by atoms with E-state index in [1.165, 1.54) is 22.2 Å². The Balaban J connectivity index is 1.24. The molecule has 0 amide bonds. The van der Waals surface area contributed by atoms with E-state index in [-0.39, 0.29) is 0 Å². The van der Waals surface area contributed by atoms with Gasteiger partial charge in [-0.3, -0.25) is 4.68 Å². The molecule has 0 aliphatic carbocycles. The molecule has 1 aromatic carbocycles. The molecule has 5 rings (SSSR count). The zero-order valence-corrected chi connectivity index (χ0v) is 16.5. The van der Waals surface area contributed by atoms with Gasteiger partial charge in [0.2, 0.25) is 0 Å². The fraction of sp³-hybridized carbons (Fsp3) is 0.333. The average Bonchev–Trinajstić information content (AvgIpc) is 3.38. The first-order valence-electron chi connectivity index (χ1n) is 8.88. The zero-order valence-electron chi connectivity index (χ0n) is 14.8. The Morgan fingerprint density at radius 3 is 3.07 bits per heavy atom. The Morgan fingerprint density at radius 2 is 2.19 bits per heavy atom. The molecule has 0 bridgehead atoms. The molecule has 0 saturated carbocycles. The van der Waals surface area contributed by atoms with Crippen molar-refractivity contribution in [1.29, 1.82) is 0 Å². The number of aromatic amines is 1. The van der Waals surface area contributed by atoms with Crippen molar-refractivity contribution in [2.45, 2.75) is 42.6 Å². The third-order valence-corrected chi connectivity index (χ3v) is 6.77. The van der Waals surface area contributed by atoms with Crippen molar-refractivity contribution in [3.05, 3.63) is 52.4 Å². The van der Waals surface area contributed by atoms with E-state index in [0.717, 1.165) is 40.3 Å². The lowest BCUT2D eigenvalue weighted by molar-refractivity contribution is 0.398. The lowest BCUT2D eigenvalue weighted by atomic mass is 9.98. The second-order valence-corrected chi connectivity index (χ2v) is 9.12. The molecule has 0 radical (unpaired) electrons. The molecule has 1 aliphatic heterocycles. The van der Waals surface area contributed by atoms with E-state index >= 15 is 0 Å². The molecule has 0 saturated heterocycles. The highest BCUT2D eigenvalue weighted by molar-refractivity contribution is 8.00. The summed E-state index contributed by atoms with van der Waals surface area (Å²) in [7, 11) is 0. The zero-order chi connectivity index (χ0) is 18.2. The minimum atomic E-state index is 0.352. The summed E-state index contributed by atoms with van der Waals surface area (Å²) < 4.78 is 2.92. The number of rotatable bonds is 5. The molecule has 0 fully saturated rings. The first kappa shape index (κ1) is 16.9. The van der Waals surface area contributed by atoms with Crippen molar-refractivity contribution < 1.29 is 0 Å². The van der Waals surface area contributed by atoms with Crippen LogP contribution in [0.3, 0.4) is 0 Å². The van der Waals surface area contributed by atoms with Gasteiger partial charge in [-0.2, -0.15) is 0 Å². The van der Waals surface area contributed by atoms with Crippen molar-refractivity contribution >= 4 is 34.0 Å². The van der Waals surface area contributed by atoms with Crippen LogP contribution in [0.4, 0.5) is 0 Å². The molecule has 9 heteroatoms. The number of aryl methyl sites for hydroxylation is 1. The van der Waals surface area contributed by atoms with Gasteiger partial charge >= 0.3 is 0 Å². The summed E-state index contributed by atoms with van der Waals surface area (Å²) in [6.07, 6.45) is 3.03. The molecule has 4 aromatic rings. The lowest BCUT2D eigenvalue weighted by Gasteiger charge is -2.23. The Kier molecular flexibility index (Phi) is 4.42. The number of nitrogens with one attached hydrogen (secondary N) is 2. The van der Waals surface area contributed by atoms with Crippen LogP contribution in [0.2, 0.25) is 0 Å². The Bertz CT molecular complexity index is 1080. The van der Waals surface area contributed by atoms with E-state index in [1.807, 2.05) is 17.8 Å². The molecule has 3 aromatic heterocycles. The van der Waals surface area contributed by atoms with Crippen LogP contribution in [0.25, 0.3) is 10.9 Å². The SMILES string of the molecule is Cc1nnc(SCc2cn(C[C@@H]3Cc4c([nH]c5ccccc45)CN3)nn2)s1. The highest BCUT2D eigenvalue weighted by Gasteiger charge is 2.22. The van der Waals surface area contributed by atoms with Crippen LogP contribution in [0.15, 0.2) is 34.8 Å². The summed E-state index contributed by atoms with van der Waals surface area (Å²) >= 11 is 3.27. The van der Waals surface area contributed by atoms with Crippen molar-refractivity contribution in [3.63, 3.8) is 0 Å². The van der Waals surface area contributed by atoms with Crippen LogP contribution < -0.4 is 5.32 Å². The number of fused-ring (bicyclic) bond motifs is 3. The maximum Gasteiger partial charge on any atom is 0.174 e.